The Balaban J connectivity index is 1.97. The molecule has 2 rings (SSSR count). The maximum atomic E-state index is 12.2. The zero-order chi connectivity index (χ0) is 18.1. The van der Waals surface area contributed by atoms with Crippen molar-refractivity contribution in [1.82, 2.24) is 0 Å². The topological polar surface area (TPSA) is 41.6 Å². The summed E-state index contributed by atoms with van der Waals surface area (Å²) in [5.41, 5.74) is 2.80. The first-order valence-corrected chi connectivity index (χ1v) is 8.58. The fourth-order valence-corrected chi connectivity index (χ4v) is 2.25. The highest BCUT2D eigenvalue weighted by molar-refractivity contribution is 6.02. The zero-order valence-electron chi connectivity index (χ0n) is 15.2. The van der Waals surface area contributed by atoms with Gasteiger partial charge in [-0.3, -0.25) is 4.79 Å². The fourth-order valence-electron chi connectivity index (χ4n) is 2.25. The number of nitrogens with one attached hydrogen (secondary N) is 1. The van der Waals surface area contributed by atoms with Crippen LogP contribution >= 0.6 is 0 Å². The zero-order valence-corrected chi connectivity index (χ0v) is 15.2. The van der Waals surface area contributed by atoms with Crippen molar-refractivity contribution in [1.29, 1.82) is 0 Å². The summed E-state index contributed by atoms with van der Waals surface area (Å²) in [6, 6.07) is 15.5. The van der Waals surface area contributed by atoms with Crippen LogP contribution in [0, 0.1) is 0 Å². The van der Waals surface area contributed by atoms with Crippen LogP contribution in [-0.4, -0.2) is 26.6 Å². The SMILES string of the molecule is CCCCOc1ccccc1NC(=O)/C=C/c1ccc(N(C)C)cc1. The summed E-state index contributed by atoms with van der Waals surface area (Å²) in [6.07, 6.45) is 5.40. The van der Waals surface area contributed by atoms with Crippen molar-refractivity contribution in [2.75, 3.05) is 30.9 Å². The summed E-state index contributed by atoms with van der Waals surface area (Å²) >= 11 is 0. The van der Waals surface area contributed by atoms with E-state index in [-0.39, 0.29) is 5.91 Å². The summed E-state index contributed by atoms with van der Waals surface area (Å²) in [6.45, 7) is 2.77. The molecule has 0 spiro atoms. The minimum absolute atomic E-state index is 0.178. The smallest absolute Gasteiger partial charge is 0.248 e. The molecule has 0 fully saturated rings. The second kappa shape index (κ2) is 9.52. The van der Waals surface area contributed by atoms with Gasteiger partial charge in [0.05, 0.1) is 12.3 Å². The van der Waals surface area contributed by atoms with Crippen LogP contribution in [0.5, 0.6) is 5.75 Å². The van der Waals surface area contributed by atoms with Gasteiger partial charge in [-0.15, -0.1) is 0 Å². The number of hydrogen-bond donors (Lipinski definition) is 1. The minimum atomic E-state index is -0.178. The number of nitrogens with zero attached hydrogens (tertiary/aromatic N) is 1. The molecule has 0 aliphatic rings. The summed E-state index contributed by atoms with van der Waals surface area (Å²) in [5, 5.41) is 2.88. The van der Waals surface area contributed by atoms with Gasteiger partial charge in [-0.2, -0.15) is 0 Å². The molecule has 25 heavy (non-hydrogen) atoms. The highest BCUT2D eigenvalue weighted by atomic mass is 16.5. The number of rotatable bonds is 8. The standard InChI is InChI=1S/C21H26N2O2/c1-4-5-16-25-20-9-7-6-8-19(20)22-21(24)15-12-17-10-13-18(14-11-17)23(2)3/h6-15H,4-5,16H2,1-3H3,(H,22,24)/b15-12+. The molecule has 132 valence electrons. The molecule has 0 radical (unpaired) electrons. The number of unbranched alkanes of at least 4 members (excludes halogenated alkanes) is 1. The Morgan fingerprint density at radius 1 is 1.12 bits per heavy atom. The lowest BCUT2D eigenvalue weighted by molar-refractivity contribution is -0.111. The molecular formula is C21H26N2O2. The van der Waals surface area contributed by atoms with E-state index in [0.29, 0.717) is 18.0 Å². The Labute approximate surface area is 150 Å². The molecule has 1 amide bonds. The summed E-state index contributed by atoms with van der Waals surface area (Å²) in [7, 11) is 4.00. The molecule has 0 saturated carbocycles. The lowest BCUT2D eigenvalue weighted by Crippen LogP contribution is -2.10. The second-order valence-corrected chi connectivity index (χ2v) is 6.01. The predicted octanol–water partition coefficient (Wildman–Crippen LogP) is 4.58. The van der Waals surface area contributed by atoms with Crippen molar-refractivity contribution < 1.29 is 9.53 Å². The van der Waals surface area contributed by atoms with Crippen LogP contribution in [0.2, 0.25) is 0 Å². The molecular weight excluding hydrogens is 312 g/mol. The molecule has 4 heteroatoms. The van der Waals surface area contributed by atoms with Crippen molar-refractivity contribution in [3.63, 3.8) is 0 Å². The number of hydrogen-bond acceptors (Lipinski definition) is 3. The third-order valence-corrected chi connectivity index (χ3v) is 3.74. The van der Waals surface area contributed by atoms with Crippen molar-refractivity contribution in [2.24, 2.45) is 0 Å². The van der Waals surface area contributed by atoms with Gasteiger partial charge in [-0.05, 0) is 42.3 Å². The van der Waals surface area contributed by atoms with E-state index in [1.54, 1.807) is 6.08 Å². The number of amides is 1. The van der Waals surface area contributed by atoms with E-state index in [9.17, 15) is 4.79 Å². The third kappa shape index (κ3) is 5.99. The number of carbonyl (C=O) groups is 1. The number of para-hydroxylation sites is 2. The molecule has 0 aliphatic heterocycles. The first kappa shape index (κ1) is 18.6. The quantitative estimate of drug-likeness (QED) is 0.566. The van der Waals surface area contributed by atoms with Crippen LogP contribution < -0.4 is 15.0 Å². The van der Waals surface area contributed by atoms with Crippen LogP contribution in [0.3, 0.4) is 0 Å². The average molecular weight is 338 g/mol. The fraction of sp³-hybridized carbons (Fsp3) is 0.286. The molecule has 0 bridgehead atoms. The van der Waals surface area contributed by atoms with E-state index in [1.807, 2.05) is 67.5 Å². The van der Waals surface area contributed by atoms with Gasteiger partial charge in [-0.25, -0.2) is 0 Å². The highest BCUT2D eigenvalue weighted by Crippen LogP contribution is 2.24. The summed E-state index contributed by atoms with van der Waals surface area (Å²) in [4.78, 5) is 14.2. The monoisotopic (exact) mass is 338 g/mol. The molecule has 0 atom stereocenters. The van der Waals surface area contributed by atoms with Gasteiger partial charge in [-0.1, -0.05) is 37.6 Å². The first-order valence-electron chi connectivity index (χ1n) is 8.58. The van der Waals surface area contributed by atoms with Crippen molar-refractivity contribution >= 4 is 23.4 Å². The molecule has 4 nitrogen and oxygen atoms in total. The van der Waals surface area contributed by atoms with Crippen molar-refractivity contribution in [3.05, 3.63) is 60.2 Å². The van der Waals surface area contributed by atoms with Crippen molar-refractivity contribution in [3.8, 4) is 5.75 Å². The average Bonchev–Trinajstić information content (AvgIpc) is 2.62. The number of ether oxygens (including phenoxy) is 1. The molecule has 2 aromatic carbocycles. The van der Waals surface area contributed by atoms with E-state index >= 15 is 0 Å². The van der Waals surface area contributed by atoms with Gasteiger partial charge in [0, 0.05) is 25.9 Å². The summed E-state index contributed by atoms with van der Waals surface area (Å²) < 4.78 is 5.73. The molecule has 1 N–H and O–H groups in total. The lowest BCUT2D eigenvalue weighted by atomic mass is 10.2. The molecule has 0 unspecified atom stereocenters. The summed E-state index contributed by atoms with van der Waals surface area (Å²) in [5.74, 6) is 0.524. The van der Waals surface area contributed by atoms with Gasteiger partial charge < -0.3 is 15.0 Å². The Bertz CT molecular complexity index is 706. The van der Waals surface area contributed by atoms with Gasteiger partial charge in [0.25, 0.3) is 0 Å². The van der Waals surface area contributed by atoms with E-state index in [1.165, 1.54) is 6.08 Å². The van der Waals surface area contributed by atoms with Crippen LogP contribution in [0.15, 0.2) is 54.6 Å². The molecule has 0 aliphatic carbocycles. The lowest BCUT2D eigenvalue weighted by Gasteiger charge is -2.12. The molecule has 0 aromatic heterocycles. The molecule has 0 heterocycles. The second-order valence-electron chi connectivity index (χ2n) is 6.01. The molecule has 0 saturated heterocycles. The van der Waals surface area contributed by atoms with Crippen LogP contribution in [-0.2, 0) is 4.79 Å². The van der Waals surface area contributed by atoms with Crippen LogP contribution in [0.4, 0.5) is 11.4 Å². The Hall–Kier alpha value is -2.75. The van der Waals surface area contributed by atoms with Gasteiger partial charge in [0.15, 0.2) is 0 Å². The predicted molar refractivity (Wildman–Crippen MR) is 105 cm³/mol. The van der Waals surface area contributed by atoms with Crippen LogP contribution in [0.1, 0.15) is 25.3 Å². The van der Waals surface area contributed by atoms with E-state index in [4.69, 9.17) is 4.74 Å². The normalized spacial score (nSPS) is 10.7. The highest BCUT2D eigenvalue weighted by Gasteiger charge is 2.05. The van der Waals surface area contributed by atoms with Crippen LogP contribution in [0.25, 0.3) is 6.08 Å². The van der Waals surface area contributed by atoms with E-state index in [2.05, 4.69) is 12.2 Å². The number of carbonyl (C=O) groups excluding carboxylic acids is 1. The maximum Gasteiger partial charge on any atom is 0.248 e. The Kier molecular flexibility index (Phi) is 7.08. The molecule has 2 aromatic rings. The largest absolute Gasteiger partial charge is 0.491 e. The Morgan fingerprint density at radius 2 is 1.84 bits per heavy atom. The van der Waals surface area contributed by atoms with Gasteiger partial charge in [0.1, 0.15) is 5.75 Å². The van der Waals surface area contributed by atoms with E-state index < -0.39 is 0 Å². The minimum Gasteiger partial charge on any atom is -0.491 e. The number of anilines is 2. The van der Waals surface area contributed by atoms with Gasteiger partial charge in [0.2, 0.25) is 5.91 Å². The third-order valence-electron chi connectivity index (χ3n) is 3.74. The maximum absolute atomic E-state index is 12.2. The Morgan fingerprint density at radius 3 is 2.52 bits per heavy atom. The number of benzene rings is 2. The van der Waals surface area contributed by atoms with Gasteiger partial charge >= 0.3 is 0 Å². The van der Waals surface area contributed by atoms with Crippen molar-refractivity contribution in [2.45, 2.75) is 19.8 Å². The van der Waals surface area contributed by atoms with E-state index in [0.717, 1.165) is 24.1 Å². The first-order chi connectivity index (χ1) is 12.1.